The molecule has 0 spiro atoms. The molecule has 0 saturated carbocycles. The Morgan fingerprint density at radius 1 is 1.16 bits per heavy atom. The molecule has 0 aliphatic heterocycles. The van der Waals surface area contributed by atoms with Crippen molar-refractivity contribution in [2.45, 2.75) is 17.0 Å². The number of aromatic nitrogens is 4. The minimum absolute atomic E-state index is 0.00932. The third-order valence-corrected chi connectivity index (χ3v) is 6.12. The molecule has 0 aliphatic carbocycles. The van der Waals surface area contributed by atoms with Crippen molar-refractivity contribution in [3.8, 4) is 11.8 Å². The van der Waals surface area contributed by atoms with Gasteiger partial charge >= 0.3 is 0 Å². The molecule has 3 aromatic heterocycles. The fraction of sp³-hybridized carbons (Fsp3) is 0.200. The van der Waals surface area contributed by atoms with Gasteiger partial charge in [0.1, 0.15) is 17.5 Å². The van der Waals surface area contributed by atoms with Crippen molar-refractivity contribution >= 4 is 50.9 Å². The van der Waals surface area contributed by atoms with E-state index in [4.69, 9.17) is 5.73 Å². The summed E-state index contributed by atoms with van der Waals surface area (Å²) in [4.78, 5) is 33.8. The lowest BCUT2D eigenvalue weighted by atomic mass is 10.1. The van der Waals surface area contributed by atoms with Gasteiger partial charge in [-0.05, 0) is 48.0 Å². The molecule has 2 amide bonds. The smallest absolute Gasteiger partial charge is 0.271 e. The second-order valence-electron chi connectivity index (χ2n) is 7.97. The summed E-state index contributed by atoms with van der Waals surface area (Å²) in [6.07, 6.45) is 7.26. The van der Waals surface area contributed by atoms with Crippen molar-refractivity contribution in [3.63, 3.8) is 0 Å². The molecule has 188 valence electrons. The van der Waals surface area contributed by atoms with Crippen LogP contribution in [0.2, 0.25) is 0 Å². The molecule has 12 heteroatoms. The summed E-state index contributed by atoms with van der Waals surface area (Å²) in [6.45, 7) is 0.923. The zero-order valence-electron chi connectivity index (χ0n) is 19.5. The molecule has 37 heavy (non-hydrogen) atoms. The topological polar surface area (TPSA) is 152 Å². The van der Waals surface area contributed by atoms with E-state index in [0.717, 1.165) is 17.2 Å². The number of nitrogens with one attached hydrogen (secondary N) is 2. The van der Waals surface area contributed by atoms with Crippen LogP contribution in [-0.4, -0.2) is 44.7 Å². The molecule has 0 fully saturated rings. The third kappa shape index (κ3) is 5.73. The van der Waals surface area contributed by atoms with Crippen LogP contribution in [-0.2, 0) is 0 Å². The normalized spacial score (nSPS) is 11.6. The van der Waals surface area contributed by atoms with E-state index in [0.29, 0.717) is 25.2 Å². The fourth-order valence-corrected chi connectivity index (χ4v) is 4.36. The van der Waals surface area contributed by atoms with E-state index in [9.17, 15) is 19.2 Å². The number of hydrogen-bond acceptors (Lipinski definition) is 7. The number of unbranched alkanes of at least 4 members (excludes halogenated alkanes) is 1. The van der Waals surface area contributed by atoms with Crippen molar-refractivity contribution in [2.75, 3.05) is 18.4 Å². The van der Waals surface area contributed by atoms with Gasteiger partial charge in [0.25, 0.3) is 11.8 Å². The number of nitrogens with zero attached hydrogens (tertiary/aromatic N) is 5. The van der Waals surface area contributed by atoms with E-state index in [1.807, 2.05) is 30.3 Å². The number of pyridine rings is 2. The second kappa shape index (κ2) is 11.8. The van der Waals surface area contributed by atoms with Gasteiger partial charge in [0.05, 0.1) is 41.1 Å². The number of anilines is 1. The SMILES string of the molecule is N#Cc1cc(NC(=O)c2cnn(-c3cncc4ccccc34)c2C(F)I)cnc1C(=O)NCCCCN. The molecule has 10 nitrogen and oxygen atoms in total. The van der Waals surface area contributed by atoms with Crippen LogP contribution in [0.15, 0.2) is 55.1 Å². The zero-order chi connectivity index (χ0) is 26.4. The van der Waals surface area contributed by atoms with E-state index >= 15 is 0 Å². The van der Waals surface area contributed by atoms with E-state index < -0.39 is 16.0 Å². The standard InChI is InChI=1S/C25H22FIN8O2/c26-23(27)22-19(13-33-35(22)20-14-30-11-15-5-1-2-6-18(15)20)24(36)34-17-9-16(10-29)21(32-12-17)25(37)31-8-4-3-7-28/h1-2,5-6,9,11-14,23H,3-4,7-8,28H2,(H,31,37)(H,34,36). The number of halogens is 2. The van der Waals surface area contributed by atoms with Crippen molar-refractivity contribution in [3.05, 3.63) is 77.6 Å². The number of nitriles is 1. The van der Waals surface area contributed by atoms with Crippen LogP contribution in [0.3, 0.4) is 0 Å². The number of alkyl halides is 2. The molecule has 0 radical (unpaired) electrons. The molecule has 4 rings (SSSR count). The van der Waals surface area contributed by atoms with Crippen LogP contribution in [0.5, 0.6) is 0 Å². The van der Waals surface area contributed by atoms with Gasteiger partial charge in [-0.3, -0.25) is 14.6 Å². The fourth-order valence-electron chi connectivity index (χ4n) is 3.76. The molecule has 1 unspecified atom stereocenters. The van der Waals surface area contributed by atoms with Gasteiger partial charge in [-0.2, -0.15) is 10.4 Å². The quantitative estimate of drug-likeness (QED) is 0.148. The molecule has 0 aliphatic rings. The summed E-state index contributed by atoms with van der Waals surface area (Å²) < 4.78 is 14.6. The number of carbonyl (C=O) groups is 2. The van der Waals surface area contributed by atoms with Crippen LogP contribution in [0, 0.1) is 11.3 Å². The second-order valence-corrected chi connectivity index (χ2v) is 9.07. The molecule has 1 atom stereocenters. The van der Waals surface area contributed by atoms with Crippen molar-refractivity contribution in [2.24, 2.45) is 5.73 Å². The average molecular weight is 612 g/mol. The number of rotatable bonds is 9. The van der Waals surface area contributed by atoms with E-state index in [1.165, 1.54) is 23.1 Å². The van der Waals surface area contributed by atoms with Crippen molar-refractivity contribution in [1.29, 1.82) is 5.26 Å². The summed E-state index contributed by atoms with van der Waals surface area (Å²) in [6, 6.07) is 10.7. The molecule has 1 aromatic carbocycles. The molecule has 4 aromatic rings. The summed E-state index contributed by atoms with van der Waals surface area (Å²) in [7, 11) is 0. The first kappa shape index (κ1) is 26.1. The van der Waals surface area contributed by atoms with Crippen LogP contribution in [0.25, 0.3) is 16.5 Å². The van der Waals surface area contributed by atoms with Gasteiger partial charge in [0.2, 0.25) is 0 Å². The number of nitrogens with two attached hydrogens (primary N) is 1. The van der Waals surface area contributed by atoms with Crippen LogP contribution in [0.1, 0.15) is 49.1 Å². The highest BCUT2D eigenvalue weighted by Crippen LogP contribution is 2.32. The third-order valence-electron chi connectivity index (χ3n) is 5.53. The predicted octanol–water partition coefficient (Wildman–Crippen LogP) is 3.81. The minimum Gasteiger partial charge on any atom is -0.351 e. The first-order valence-electron chi connectivity index (χ1n) is 11.3. The zero-order valence-corrected chi connectivity index (χ0v) is 21.6. The maximum atomic E-state index is 14.8. The van der Waals surface area contributed by atoms with Gasteiger partial charge in [-0.25, -0.2) is 14.1 Å². The maximum absolute atomic E-state index is 14.8. The Kier molecular flexibility index (Phi) is 8.36. The van der Waals surface area contributed by atoms with Crippen molar-refractivity contribution < 1.29 is 14.0 Å². The Bertz CT molecular complexity index is 1490. The highest BCUT2D eigenvalue weighted by atomic mass is 127. The van der Waals surface area contributed by atoms with E-state index in [1.54, 1.807) is 35.0 Å². The summed E-state index contributed by atoms with van der Waals surface area (Å²) in [5, 5.41) is 20.7. The van der Waals surface area contributed by atoms with Crippen LogP contribution in [0.4, 0.5) is 10.1 Å². The lowest BCUT2D eigenvalue weighted by Gasteiger charge is -2.12. The first-order chi connectivity index (χ1) is 17.9. The van der Waals surface area contributed by atoms with Gasteiger partial charge in [-0.15, -0.1) is 0 Å². The predicted molar refractivity (Wildman–Crippen MR) is 144 cm³/mol. The number of hydrogen-bond donors (Lipinski definition) is 3. The Balaban J connectivity index is 1.60. The van der Waals surface area contributed by atoms with Gasteiger partial charge < -0.3 is 16.4 Å². The number of fused-ring (bicyclic) bond motifs is 1. The summed E-state index contributed by atoms with van der Waals surface area (Å²) >= 11 is 1.58. The highest BCUT2D eigenvalue weighted by molar-refractivity contribution is 14.1. The first-order valence-corrected chi connectivity index (χ1v) is 12.6. The molecular formula is C25H22FIN8O2. The summed E-state index contributed by atoms with van der Waals surface area (Å²) in [5.41, 5.74) is 6.14. The summed E-state index contributed by atoms with van der Waals surface area (Å²) in [5.74, 6) is -1.14. The monoisotopic (exact) mass is 612 g/mol. The average Bonchev–Trinajstić information content (AvgIpc) is 3.36. The Morgan fingerprint density at radius 3 is 2.73 bits per heavy atom. The van der Waals surface area contributed by atoms with Gasteiger partial charge in [0.15, 0.2) is 4.18 Å². The maximum Gasteiger partial charge on any atom is 0.271 e. The Labute approximate surface area is 225 Å². The number of carbonyl (C=O) groups excluding carboxylic acids is 2. The highest BCUT2D eigenvalue weighted by Gasteiger charge is 2.25. The molecular weight excluding hydrogens is 590 g/mol. The largest absolute Gasteiger partial charge is 0.351 e. The lowest BCUT2D eigenvalue weighted by molar-refractivity contribution is 0.0947. The molecule has 4 N–H and O–H groups in total. The van der Waals surface area contributed by atoms with Crippen molar-refractivity contribution in [1.82, 2.24) is 25.1 Å². The molecule has 3 heterocycles. The Morgan fingerprint density at radius 2 is 1.97 bits per heavy atom. The van der Waals surface area contributed by atoms with Gasteiger partial charge in [0, 0.05) is 23.5 Å². The van der Waals surface area contributed by atoms with E-state index in [-0.39, 0.29) is 28.2 Å². The minimum atomic E-state index is -1.56. The van der Waals surface area contributed by atoms with Gasteiger partial charge in [-0.1, -0.05) is 24.3 Å². The number of benzene rings is 1. The Hall–Kier alpha value is -3.96. The van der Waals surface area contributed by atoms with E-state index in [2.05, 4.69) is 25.7 Å². The molecule has 0 saturated heterocycles. The number of amides is 2. The lowest BCUT2D eigenvalue weighted by Crippen LogP contribution is -2.27. The van der Waals surface area contributed by atoms with Crippen LogP contribution >= 0.6 is 22.6 Å². The molecule has 0 bridgehead atoms. The van der Waals surface area contributed by atoms with Crippen LogP contribution < -0.4 is 16.4 Å².